The van der Waals surface area contributed by atoms with Gasteiger partial charge in [0.15, 0.2) is 0 Å². The first-order valence-electron chi connectivity index (χ1n) is 8.33. The topological polar surface area (TPSA) is 49.4 Å². The Kier molecular flexibility index (Phi) is 5.96. The zero-order valence-electron chi connectivity index (χ0n) is 14.0. The number of halogens is 2. The van der Waals surface area contributed by atoms with Crippen LogP contribution in [0.1, 0.15) is 24.0 Å². The summed E-state index contributed by atoms with van der Waals surface area (Å²) in [6, 6.07) is 12.8. The van der Waals surface area contributed by atoms with E-state index in [4.69, 9.17) is 23.2 Å². The lowest BCUT2D eigenvalue weighted by Crippen LogP contribution is -2.23. The van der Waals surface area contributed by atoms with Crippen LogP contribution >= 0.6 is 23.2 Å². The van der Waals surface area contributed by atoms with Gasteiger partial charge in [0.25, 0.3) is 0 Å². The summed E-state index contributed by atoms with van der Waals surface area (Å²) in [5.41, 5.74) is 2.67. The molecule has 0 unspecified atom stereocenters. The molecule has 1 aliphatic heterocycles. The van der Waals surface area contributed by atoms with Gasteiger partial charge in [-0.1, -0.05) is 41.4 Å². The van der Waals surface area contributed by atoms with E-state index in [-0.39, 0.29) is 11.8 Å². The Balaban J connectivity index is 1.53. The number of benzene rings is 2. The Labute approximate surface area is 162 Å². The molecule has 0 radical (unpaired) electrons. The summed E-state index contributed by atoms with van der Waals surface area (Å²) >= 11 is 11.8. The van der Waals surface area contributed by atoms with Crippen LogP contribution in [-0.4, -0.2) is 18.4 Å². The molecule has 0 saturated carbocycles. The van der Waals surface area contributed by atoms with Gasteiger partial charge in [-0.2, -0.15) is 0 Å². The molecule has 26 heavy (non-hydrogen) atoms. The van der Waals surface area contributed by atoms with E-state index < -0.39 is 0 Å². The van der Waals surface area contributed by atoms with E-state index in [9.17, 15) is 9.59 Å². The molecule has 134 valence electrons. The molecule has 0 aliphatic carbocycles. The van der Waals surface area contributed by atoms with Crippen LogP contribution in [0.5, 0.6) is 0 Å². The zero-order valence-corrected chi connectivity index (χ0v) is 15.6. The van der Waals surface area contributed by atoms with Gasteiger partial charge in [-0.15, -0.1) is 0 Å². The van der Waals surface area contributed by atoms with Gasteiger partial charge in [-0.3, -0.25) is 9.59 Å². The molecule has 1 aliphatic rings. The third-order valence-corrected chi connectivity index (χ3v) is 4.90. The molecule has 1 fully saturated rings. The summed E-state index contributed by atoms with van der Waals surface area (Å²) in [7, 11) is 0. The van der Waals surface area contributed by atoms with Crippen LogP contribution in [0.2, 0.25) is 10.0 Å². The summed E-state index contributed by atoms with van der Waals surface area (Å²) in [4.78, 5) is 25.5. The fourth-order valence-electron chi connectivity index (χ4n) is 2.75. The molecular formula is C20H18Cl2N2O2. The Morgan fingerprint density at radius 1 is 1.12 bits per heavy atom. The molecule has 4 nitrogen and oxygen atoms in total. The molecular weight excluding hydrogens is 371 g/mol. The number of anilines is 1. The van der Waals surface area contributed by atoms with Crippen LogP contribution in [0.25, 0.3) is 6.08 Å². The van der Waals surface area contributed by atoms with Crippen molar-refractivity contribution in [3.05, 3.63) is 69.7 Å². The lowest BCUT2D eigenvalue weighted by molar-refractivity contribution is -0.117. The number of amides is 2. The van der Waals surface area contributed by atoms with Crippen molar-refractivity contribution in [3.63, 3.8) is 0 Å². The predicted octanol–water partition coefficient (Wildman–Crippen LogP) is 4.45. The first-order chi connectivity index (χ1) is 12.5. The molecule has 2 aromatic rings. The van der Waals surface area contributed by atoms with Crippen molar-refractivity contribution >= 4 is 46.8 Å². The highest BCUT2D eigenvalue weighted by atomic mass is 35.5. The Bertz CT molecular complexity index is 847. The minimum atomic E-state index is -0.199. The van der Waals surface area contributed by atoms with Crippen LogP contribution in [0.4, 0.5) is 5.69 Å². The highest BCUT2D eigenvalue weighted by molar-refractivity contribution is 6.42. The van der Waals surface area contributed by atoms with Crippen molar-refractivity contribution in [2.24, 2.45) is 0 Å². The number of carbonyl (C=O) groups excluding carboxylic acids is 2. The van der Waals surface area contributed by atoms with E-state index in [0.717, 1.165) is 29.8 Å². The Hall–Kier alpha value is -2.30. The fourth-order valence-corrected chi connectivity index (χ4v) is 3.06. The van der Waals surface area contributed by atoms with Gasteiger partial charge in [0.2, 0.25) is 11.8 Å². The second kappa shape index (κ2) is 8.39. The number of nitrogens with one attached hydrogen (secondary N) is 1. The van der Waals surface area contributed by atoms with E-state index in [2.05, 4.69) is 5.32 Å². The maximum absolute atomic E-state index is 12.0. The summed E-state index contributed by atoms with van der Waals surface area (Å²) in [6.07, 6.45) is 4.65. The molecule has 2 aromatic carbocycles. The van der Waals surface area contributed by atoms with Gasteiger partial charge in [0.05, 0.1) is 10.0 Å². The minimum Gasteiger partial charge on any atom is -0.348 e. The normalized spacial score (nSPS) is 14.2. The average Bonchev–Trinajstić information content (AvgIpc) is 3.07. The second-order valence-corrected chi connectivity index (χ2v) is 6.85. The number of rotatable bonds is 5. The first-order valence-corrected chi connectivity index (χ1v) is 9.09. The van der Waals surface area contributed by atoms with Gasteiger partial charge in [-0.25, -0.2) is 0 Å². The van der Waals surface area contributed by atoms with Gasteiger partial charge in [0.1, 0.15) is 0 Å². The van der Waals surface area contributed by atoms with Crippen LogP contribution < -0.4 is 10.2 Å². The van der Waals surface area contributed by atoms with Crippen LogP contribution in [0, 0.1) is 0 Å². The fraction of sp³-hybridized carbons (Fsp3) is 0.200. The molecule has 0 spiro atoms. The first kappa shape index (κ1) is 18.5. The second-order valence-electron chi connectivity index (χ2n) is 6.04. The van der Waals surface area contributed by atoms with Gasteiger partial charge >= 0.3 is 0 Å². The molecule has 6 heteroatoms. The van der Waals surface area contributed by atoms with Crippen LogP contribution in [0.3, 0.4) is 0 Å². The molecule has 1 N–H and O–H groups in total. The van der Waals surface area contributed by atoms with E-state index in [1.54, 1.807) is 29.2 Å². The van der Waals surface area contributed by atoms with Crippen molar-refractivity contribution in [1.29, 1.82) is 0 Å². The third kappa shape index (κ3) is 4.65. The summed E-state index contributed by atoms with van der Waals surface area (Å²) in [5, 5.41) is 3.76. The molecule has 2 amide bonds. The molecule has 1 heterocycles. The monoisotopic (exact) mass is 388 g/mol. The summed E-state index contributed by atoms with van der Waals surface area (Å²) in [5.74, 6) is -0.0339. The molecule has 0 atom stereocenters. The van der Waals surface area contributed by atoms with E-state index >= 15 is 0 Å². The predicted molar refractivity (Wildman–Crippen MR) is 105 cm³/mol. The SMILES string of the molecule is O=C(/C=C/c1ccc(Cl)c(Cl)c1)NCc1ccc(N2CCCC2=O)cc1. The number of carbonyl (C=O) groups is 2. The van der Waals surface area contributed by atoms with Crippen LogP contribution in [-0.2, 0) is 16.1 Å². The van der Waals surface area contributed by atoms with Crippen molar-refractivity contribution in [1.82, 2.24) is 5.32 Å². The zero-order chi connectivity index (χ0) is 18.5. The highest BCUT2D eigenvalue weighted by Gasteiger charge is 2.21. The molecule has 0 aromatic heterocycles. The van der Waals surface area contributed by atoms with Crippen LogP contribution in [0.15, 0.2) is 48.5 Å². The quantitative estimate of drug-likeness (QED) is 0.769. The minimum absolute atomic E-state index is 0.165. The standard InChI is InChI=1S/C20H18Cl2N2O2/c21-17-9-5-14(12-18(17)22)6-10-19(25)23-13-15-3-7-16(8-4-15)24-11-1-2-20(24)26/h3-10,12H,1-2,11,13H2,(H,23,25)/b10-6+. The lowest BCUT2D eigenvalue weighted by atomic mass is 10.2. The molecule has 0 bridgehead atoms. The Morgan fingerprint density at radius 2 is 1.88 bits per heavy atom. The van der Waals surface area contributed by atoms with Gasteiger partial charge < -0.3 is 10.2 Å². The van der Waals surface area contributed by atoms with Crippen molar-refractivity contribution in [3.8, 4) is 0 Å². The molecule has 1 saturated heterocycles. The van der Waals surface area contributed by atoms with Gasteiger partial charge in [0, 0.05) is 31.3 Å². The maximum Gasteiger partial charge on any atom is 0.244 e. The van der Waals surface area contributed by atoms with Crippen molar-refractivity contribution in [2.45, 2.75) is 19.4 Å². The number of hydrogen-bond acceptors (Lipinski definition) is 2. The number of hydrogen-bond donors (Lipinski definition) is 1. The van der Waals surface area contributed by atoms with E-state index in [1.165, 1.54) is 6.08 Å². The van der Waals surface area contributed by atoms with Crippen molar-refractivity contribution < 1.29 is 9.59 Å². The Morgan fingerprint density at radius 3 is 2.54 bits per heavy atom. The largest absolute Gasteiger partial charge is 0.348 e. The number of nitrogens with zero attached hydrogens (tertiary/aromatic N) is 1. The highest BCUT2D eigenvalue weighted by Crippen LogP contribution is 2.23. The third-order valence-electron chi connectivity index (χ3n) is 4.16. The molecule has 3 rings (SSSR count). The van der Waals surface area contributed by atoms with Gasteiger partial charge in [-0.05, 0) is 47.9 Å². The average molecular weight is 389 g/mol. The van der Waals surface area contributed by atoms with E-state index in [1.807, 2.05) is 24.3 Å². The van der Waals surface area contributed by atoms with Crippen molar-refractivity contribution in [2.75, 3.05) is 11.4 Å². The summed E-state index contributed by atoms with van der Waals surface area (Å²) < 4.78 is 0. The smallest absolute Gasteiger partial charge is 0.244 e. The summed E-state index contributed by atoms with van der Waals surface area (Å²) in [6.45, 7) is 1.19. The lowest BCUT2D eigenvalue weighted by Gasteiger charge is -2.15. The van der Waals surface area contributed by atoms with E-state index in [0.29, 0.717) is 23.0 Å². The maximum atomic E-state index is 12.0.